The highest BCUT2D eigenvalue weighted by Gasteiger charge is 2.12. The number of esters is 1. The van der Waals surface area contributed by atoms with Gasteiger partial charge in [0.2, 0.25) is 0 Å². The molecule has 1 aromatic heterocycles. The number of aryl methyl sites for hydroxylation is 2. The third-order valence-electron chi connectivity index (χ3n) is 2.63. The van der Waals surface area contributed by atoms with Crippen LogP contribution in [-0.4, -0.2) is 18.1 Å². The molecule has 0 spiro atoms. The molecule has 0 bridgehead atoms. The predicted octanol–water partition coefficient (Wildman–Crippen LogP) is 4.05. The maximum atomic E-state index is 11.3. The van der Waals surface area contributed by atoms with Gasteiger partial charge in [-0.1, -0.05) is 15.9 Å². The van der Waals surface area contributed by atoms with Gasteiger partial charge < -0.3 is 10.1 Å². The van der Waals surface area contributed by atoms with Gasteiger partial charge in [-0.2, -0.15) is 0 Å². The van der Waals surface area contributed by atoms with E-state index in [1.807, 2.05) is 26.0 Å². The first-order valence-corrected chi connectivity index (χ1v) is 7.26. The van der Waals surface area contributed by atoms with Crippen molar-refractivity contribution >= 4 is 44.1 Å². The molecular weight excluding hydrogens is 328 g/mol. The SMILES string of the molecule is COC(=O)c1csc(Nc2c(C)cc(Br)cc2C)n1. The Bertz CT molecular complexity index is 602. The zero-order valence-corrected chi connectivity index (χ0v) is 13.2. The van der Waals surface area contributed by atoms with Gasteiger partial charge >= 0.3 is 5.97 Å². The molecule has 2 rings (SSSR count). The monoisotopic (exact) mass is 340 g/mol. The van der Waals surface area contributed by atoms with E-state index < -0.39 is 5.97 Å². The molecule has 0 saturated carbocycles. The largest absolute Gasteiger partial charge is 0.464 e. The zero-order chi connectivity index (χ0) is 14.0. The molecule has 0 aliphatic heterocycles. The zero-order valence-electron chi connectivity index (χ0n) is 10.8. The van der Waals surface area contributed by atoms with Gasteiger partial charge in [0, 0.05) is 15.5 Å². The summed E-state index contributed by atoms with van der Waals surface area (Å²) in [5.74, 6) is -0.423. The van der Waals surface area contributed by atoms with Crippen molar-refractivity contribution in [3.8, 4) is 0 Å². The fraction of sp³-hybridized carbons (Fsp3) is 0.231. The quantitative estimate of drug-likeness (QED) is 0.856. The predicted molar refractivity (Wildman–Crippen MR) is 80.4 cm³/mol. The number of methoxy groups -OCH3 is 1. The van der Waals surface area contributed by atoms with E-state index in [1.165, 1.54) is 18.4 Å². The number of nitrogens with zero attached hydrogens (tertiary/aromatic N) is 1. The van der Waals surface area contributed by atoms with E-state index in [9.17, 15) is 4.79 Å². The van der Waals surface area contributed by atoms with Crippen LogP contribution in [-0.2, 0) is 4.74 Å². The molecule has 0 aliphatic rings. The van der Waals surface area contributed by atoms with Gasteiger partial charge in [0.05, 0.1) is 7.11 Å². The third kappa shape index (κ3) is 3.13. The molecule has 1 N–H and O–H groups in total. The summed E-state index contributed by atoms with van der Waals surface area (Å²) in [7, 11) is 1.35. The first-order chi connectivity index (χ1) is 9.01. The topological polar surface area (TPSA) is 51.2 Å². The maximum absolute atomic E-state index is 11.3. The van der Waals surface area contributed by atoms with Crippen molar-refractivity contribution in [2.75, 3.05) is 12.4 Å². The number of halogens is 1. The van der Waals surface area contributed by atoms with Crippen LogP contribution in [0, 0.1) is 13.8 Å². The molecular formula is C13H13BrN2O2S. The average Bonchev–Trinajstić information content (AvgIpc) is 2.81. The van der Waals surface area contributed by atoms with Crippen molar-refractivity contribution in [3.05, 3.63) is 38.8 Å². The van der Waals surface area contributed by atoms with Crippen molar-refractivity contribution in [3.63, 3.8) is 0 Å². The smallest absolute Gasteiger partial charge is 0.357 e. The maximum Gasteiger partial charge on any atom is 0.357 e. The molecule has 0 atom stereocenters. The third-order valence-corrected chi connectivity index (χ3v) is 3.84. The Morgan fingerprint density at radius 3 is 2.58 bits per heavy atom. The normalized spacial score (nSPS) is 10.3. The summed E-state index contributed by atoms with van der Waals surface area (Å²) in [5.41, 5.74) is 3.56. The minimum atomic E-state index is -0.423. The fourth-order valence-corrected chi connectivity index (χ4v) is 3.12. The Hall–Kier alpha value is -1.40. The molecule has 2 aromatic rings. The fourth-order valence-electron chi connectivity index (χ4n) is 1.74. The number of hydrogen-bond acceptors (Lipinski definition) is 5. The first kappa shape index (κ1) is 14.0. The molecule has 0 aliphatic carbocycles. The lowest BCUT2D eigenvalue weighted by atomic mass is 10.1. The summed E-state index contributed by atoms with van der Waals surface area (Å²) in [6.07, 6.45) is 0. The number of ether oxygens (including phenoxy) is 1. The van der Waals surface area contributed by atoms with Crippen LogP contribution in [0.4, 0.5) is 10.8 Å². The minimum Gasteiger partial charge on any atom is -0.464 e. The van der Waals surface area contributed by atoms with Crippen LogP contribution in [0.2, 0.25) is 0 Å². The number of thiazole rings is 1. The van der Waals surface area contributed by atoms with Crippen molar-refractivity contribution in [2.24, 2.45) is 0 Å². The molecule has 0 fully saturated rings. The Balaban J connectivity index is 2.27. The van der Waals surface area contributed by atoms with E-state index in [0.29, 0.717) is 10.8 Å². The van der Waals surface area contributed by atoms with Crippen molar-refractivity contribution in [1.29, 1.82) is 0 Å². The van der Waals surface area contributed by atoms with Crippen LogP contribution in [0.15, 0.2) is 22.0 Å². The summed E-state index contributed by atoms with van der Waals surface area (Å²) in [4.78, 5) is 15.5. The molecule has 4 nitrogen and oxygen atoms in total. The molecule has 1 aromatic carbocycles. The number of anilines is 2. The van der Waals surface area contributed by atoms with Crippen LogP contribution in [0.3, 0.4) is 0 Å². The second-order valence-electron chi connectivity index (χ2n) is 4.07. The van der Waals surface area contributed by atoms with Crippen LogP contribution in [0.1, 0.15) is 21.6 Å². The summed E-state index contributed by atoms with van der Waals surface area (Å²) in [5, 5.41) is 5.60. The van der Waals surface area contributed by atoms with Gasteiger partial charge in [0.15, 0.2) is 10.8 Å². The average molecular weight is 341 g/mol. The number of carbonyl (C=O) groups excluding carboxylic acids is 1. The highest BCUT2D eigenvalue weighted by Crippen LogP contribution is 2.29. The van der Waals surface area contributed by atoms with E-state index >= 15 is 0 Å². The summed E-state index contributed by atoms with van der Waals surface area (Å²) < 4.78 is 5.68. The Labute approximate surface area is 124 Å². The second kappa shape index (κ2) is 5.71. The van der Waals surface area contributed by atoms with E-state index in [2.05, 4.69) is 31.0 Å². The van der Waals surface area contributed by atoms with Crippen LogP contribution in [0.25, 0.3) is 0 Å². The van der Waals surface area contributed by atoms with Gasteiger partial charge in [0.25, 0.3) is 0 Å². The molecule has 1 heterocycles. The summed E-state index contributed by atoms with van der Waals surface area (Å²) in [6, 6.07) is 4.06. The minimum absolute atomic E-state index is 0.322. The van der Waals surface area contributed by atoms with Crippen molar-refractivity contribution in [1.82, 2.24) is 4.98 Å². The lowest BCUT2D eigenvalue weighted by Gasteiger charge is -2.11. The molecule has 0 saturated heterocycles. The van der Waals surface area contributed by atoms with Crippen molar-refractivity contribution in [2.45, 2.75) is 13.8 Å². The lowest BCUT2D eigenvalue weighted by Crippen LogP contribution is -2.02. The van der Waals surface area contributed by atoms with Gasteiger partial charge in [-0.05, 0) is 37.1 Å². The van der Waals surface area contributed by atoms with E-state index in [4.69, 9.17) is 0 Å². The van der Waals surface area contributed by atoms with Crippen molar-refractivity contribution < 1.29 is 9.53 Å². The number of rotatable bonds is 3. The van der Waals surface area contributed by atoms with Crippen LogP contribution >= 0.6 is 27.3 Å². The van der Waals surface area contributed by atoms with E-state index in [-0.39, 0.29) is 0 Å². The molecule has 0 amide bonds. The summed E-state index contributed by atoms with van der Waals surface area (Å²) in [6.45, 7) is 4.05. The van der Waals surface area contributed by atoms with Gasteiger partial charge in [-0.3, -0.25) is 0 Å². The highest BCUT2D eigenvalue weighted by atomic mass is 79.9. The highest BCUT2D eigenvalue weighted by molar-refractivity contribution is 9.10. The number of hydrogen-bond donors (Lipinski definition) is 1. The van der Waals surface area contributed by atoms with Crippen LogP contribution in [0.5, 0.6) is 0 Å². The van der Waals surface area contributed by atoms with E-state index in [1.54, 1.807) is 5.38 Å². The van der Waals surface area contributed by atoms with Gasteiger partial charge in [0.1, 0.15) is 0 Å². The van der Waals surface area contributed by atoms with Gasteiger partial charge in [-0.15, -0.1) is 11.3 Å². The number of carbonyl (C=O) groups is 1. The van der Waals surface area contributed by atoms with E-state index in [0.717, 1.165) is 21.3 Å². The molecule has 0 radical (unpaired) electrons. The van der Waals surface area contributed by atoms with Gasteiger partial charge in [-0.25, -0.2) is 9.78 Å². The second-order valence-corrected chi connectivity index (χ2v) is 5.84. The molecule has 19 heavy (non-hydrogen) atoms. The number of aromatic nitrogens is 1. The van der Waals surface area contributed by atoms with Crippen LogP contribution < -0.4 is 5.32 Å². The Morgan fingerprint density at radius 1 is 1.37 bits per heavy atom. The first-order valence-electron chi connectivity index (χ1n) is 5.59. The molecule has 0 unspecified atom stereocenters. The Kier molecular flexibility index (Phi) is 4.21. The number of nitrogens with one attached hydrogen (secondary N) is 1. The molecule has 100 valence electrons. The standard InChI is InChI=1S/C13H13BrN2O2S/c1-7-4-9(14)5-8(2)11(7)16-13-15-10(6-19-13)12(17)18-3/h4-6H,1-3H3,(H,15,16). The lowest BCUT2D eigenvalue weighted by molar-refractivity contribution is 0.0595. The number of benzene rings is 1. The Morgan fingerprint density at radius 2 is 2.00 bits per heavy atom. The molecule has 6 heteroatoms. The summed E-state index contributed by atoms with van der Waals surface area (Å²) >= 11 is 4.84.